The molecule has 2 aromatic heterocycles. The topological polar surface area (TPSA) is 109 Å². The molecule has 3 heterocycles. The summed E-state index contributed by atoms with van der Waals surface area (Å²) in [5.74, 6) is 1.37. The zero-order chi connectivity index (χ0) is 23.5. The van der Waals surface area contributed by atoms with Crippen molar-refractivity contribution in [3.05, 3.63) is 70.1 Å². The van der Waals surface area contributed by atoms with Gasteiger partial charge < -0.3 is 14.0 Å². The van der Waals surface area contributed by atoms with Crippen molar-refractivity contribution in [2.24, 2.45) is 0 Å². The first-order valence-corrected chi connectivity index (χ1v) is 11.4. The third-order valence-electron chi connectivity index (χ3n) is 5.77. The van der Waals surface area contributed by atoms with E-state index in [2.05, 4.69) is 15.1 Å². The molecule has 0 amide bonds. The number of para-hydroxylation sites is 1. The van der Waals surface area contributed by atoms with Gasteiger partial charge in [0.25, 0.3) is 11.4 Å². The van der Waals surface area contributed by atoms with Crippen LogP contribution >= 0.6 is 0 Å². The molecule has 9 heteroatoms. The normalized spacial score (nSPS) is 13.3. The summed E-state index contributed by atoms with van der Waals surface area (Å²) < 4.78 is 18.0. The molecule has 1 aliphatic rings. The standard InChI is InChI=1S/C25H24N4O5/c1-2-32-20-9-6-5-8-18(20)23-27-22(34-28-23)15-33-25(31)16-11-12-17-19(14-16)26-21-10-4-3-7-13-29(21)24(17)30/h5-6,8-9,11-12,14H,2-4,7,10,13,15H2,1H3. The van der Waals surface area contributed by atoms with Crippen LogP contribution in [-0.4, -0.2) is 32.3 Å². The van der Waals surface area contributed by atoms with E-state index >= 15 is 0 Å². The fraction of sp³-hybridized carbons (Fsp3) is 0.320. The Bertz CT molecular complexity index is 1410. The number of ether oxygens (including phenoxy) is 2. The maximum atomic E-state index is 12.9. The van der Waals surface area contributed by atoms with Crippen molar-refractivity contribution in [2.75, 3.05) is 6.61 Å². The van der Waals surface area contributed by atoms with Crippen LogP contribution in [0.4, 0.5) is 0 Å². The Morgan fingerprint density at radius 3 is 2.88 bits per heavy atom. The number of rotatable bonds is 6. The Hall–Kier alpha value is -4.01. The fourth-order valence-corrected chi connectivity index (χ4v) is 4.11. The first kappa shape index (κ1) is 21.8. The zero-order valence-corrected chi connectivity index (χ0v) is 18.8. The van der Waals surface area contributed by atoms with Gasteiger partial charge in [-0.3, -0.25) is 9.36 Å². The maximum Gasteiger partial charge on any atom is 0.338 e. The Morgan fingerprint density at radius 1 is 1.12 bits per heavy atom. The SMILES string of the molecule is CCOc1ccccc1-c1noc(COC(=O)c2ccc3c(=O)n4c(nc3c2)CCCCC4)n1. The summed E-state index contributed by atoms with van der Waals surface area (Å²) in [6, 6.07) is 12.2. The van der Waals surface area contributed by atoms with Crippen molar-refractivity contribution in [1.29, 1.82) is 0 Å². The van der Waals surface area contributed by atoms with Crippen LogP contribution in [0.15, 0.2) is 51.8 Å². The largest absolute Gasteiger partial charge is 0.493 e. The second-order valence-corrected chi connectivity index (χ2v) is 8.04. The molecule has 0 bridgehead atoms. The van der Waals surface area contributed by atoms with Gasteiger partial charge in [-0.25, -0.2) is 9.78 Å². The van der Waals surface area contributed by atoms with Gasteiger partial charge in [0.2, 0.25) is 5.82 Å². The van der Waals surface area contributed by atoms with Gasteiger partial charge in [0.15, 0.2) is 6.61 Å². The molecule has 0 saturated heterocycles. The highest BCUT2D eigenvalue weighted by atomic mass is 16.6. The number of benzene rings is 2. The quantitative estimate of drug-likeness (QED) is 0.398. The third kappa shape index (κ3) is 4.28. The summed E-state index contributed by atoms with van der Waals surface area (Å²) in [4.78, 5) is 34.5. The van der Waals surface area contributed by atoms with Crippen LogP contribution in [0.5, 0.6) is 5.75 Å². The highest BCUT2D eigenvalue weighted by Crippen LogP contribution is 2.27. The Morgan fingerprint density at radius 2 is 2.00 bits per heavy atom. The van der Waals surface area contributed by atoms with Crippen molar-refractivity contribution < 1.29 is 18.8 Å². The van der Waals surface area contributed by atoms with Crippen LogP contribution in [0.3, 0.4) is 0 Å². The van der Waals surface area contributed by atoms with E-state index in [1.807, 2.05) is 31.2 Å². The second-order valence-electron chi connectivity index (χ2n) is 8.04. The smallest absolute Gasteiger partial charge is 0.338 e. The second kappa shape index (κ2) is 9.46. The van der Waals surface area contributed by atoms with E-state index in [9.17, 15) is 9.59 Å². The highest BCUT2D eigenvalue weighted by Gasteiger charge is 2.18. The van der Waals surface area contributed by atoms with Crippen molar-refractivity contribution in [3.63, 3.8) is 0 Å². The molecule has 0 fully saturated rings. The number of hydrogen-bond acceptors (Lipinski definition) is 8. The van der Waals surface area contributed by atoms with E-state index in [1.165, 1.54) is 0 Å². The summed E-state index contributed by atoms with van der Waals surface area (Å²) in [6.07, 6.45) is 3.80. The Balaban J connectivity index is 1.32. The average molecular weight is 460 g/mol. The molecule has 0 aliphatic carbocycles. The van der Waals surface area contributed by atoms with E-state index in [1.54, 1.807) is 22.8 Å². The number of fused-ring (bicyclic) bond motifs is 2. The summed E-state index contributed by atoms with van der Waals surface area (Å²) >= 11 is 0. The first-order valence-electron chi connectivity index (χ1n) is 11.4. The minimum absolute atomic E-state index is 0.0625. The van der Waals surface area contributed by atoms with E-state index in [0.29, 0.717) is 46.8 Å². The van der Waals surface area contributed by atoms with E-state index in [4.69, 9.17) is 14.0 Å². The van der Waals surface area contributed by atoms with Crippen LogP contribution in [0.2, 0.25) is 0 Å². The predicted octanol–water partition coefficient (Wildman–Crippen LogP) is 3.93. The number of carbonyl (C=O) groups excluding carboxylic acids is 1. The van der Waals surface area contributed by atoms with Crippen molar-refractivity contribution in [2.45, 2.75) is 45.8 Å². The minimum Gasteiger partial charge on any atom is -0.493 e. The summed E-state index contributed by atoms with van der Waals surface area (Å²) in [5.41, 5.74) is 1.43. The van der Waals surface area contributed by atoms with E-state index < -0.39 is 5.97 Å². The van der Waals surface area contributed by atoms with Gasteiger partial charge in [0.1, 0.15) is 11.6 Å². The monoisotopic (exact) mass is 460 g/mol. The van der Waals surface area contributed by atoms with Gasteiger partial charge in [-0.05, 0) is 50.1 Å². The van der Waals surface area contributed by atoms with Crippen molar-refractivity contribution in [1.82, 2.24) is 19.7 Å². The van der Waals surface area contributed by atoms with Crippen LogP contribution in [0.25, 0.3) is 22.3 Å². The minimum atomic E-state index is -0.562. The summed E-state index contributed by atoms with van der Waals surface area (Å²) in [5, 5.41) is 4.47. The number of esters is 1. The zero-order valence-electron chi connectivity index (χ0n) is 18.8. The molecular weight excluding hydrogens is 436 g/mol. The van der Waals surface area contributed by atoms with Gasteiger partial charge in [-0.2, -0.15) is 4.98 Å². The maximum absolute atomic E-state index is 12.9. The number of hydrogen-bond donors (Lipinski definition) is 0. The lowest BCUT2D eigenvalue weighted by molar-refractivity contribution is 0.0430. The predicted molar refractivity (Wildman–Crippen MR) is 124 cm³/mol. The molecule has 34 heavy (non-hydrogen) atoms. The Labute approximate surface area is 195 Å². The molecule has 2 aromatic carbocycles. The van der Waals surface area contributed by atoms with Crippen LogP contribution < -0.4 is 10.3 Å². The molecule has 0 saturated carbocycles. The molecule has 5 rings (SSSR count). The molecule has 4 aromatic rings. The van der Waals surface area contributed by atoms with Crippen molar-refractivity contribution in [3.8, 4) is 17.1 Å². The molecule has 0 unspecified atom stereocenters. The number of nitrogens with zero attached hydrogens (tertiary/aromatic N) is 4. The first-order chi connectivity index (χ1) is 16.6. The summed E-state index contributed by atoms with van der Waals surface area (Å²) in [7, 11) is 0. The van der Waals surface area contributed by atoms with Crippen LogP contribution in [0.1, 0.15) is 48.3 Å². The van der Waals surface area contributed by atoms with Gasteiger partial charge in [-0.15, -0.1) is 0 Å². The van der Waals surface area contributed by atoms with Gasteiger partial charge in [-0.1, -0.05) is 23.7 Å². The number of carbonyl (C=O) groups is 1. The molecule has 0 radical (unpaired) electrons. The molecule has 9 nitrogen and oxygen atoms in total. The van der Waals surface area contributed by atoms with Gasteiger partial charge >= 0.3 is 5.97 Å². The number of aromatic nitrogens is 4. The van der Waals surface area contributed by atoms with E-state index in [-0.39, 0.29) is 18.1 Å². The fourth-order valence-electron chi connectivity index (χ4n) is 4.11. The molecule has 1 aliphatic heterocycles. The Kier molecular flexibility index (Phi) is 6.07. The highest BCUT2D eigenvalue weighted by molar-refractivity contribution is 5.94. The molecule has 0 atom stereocenters. The lowest BCUT2D eigenvalue weighted by Crippen LogP contribution is -2.24. The molecule has 0 N–H and O–H groups in total. The van der Waals surface area contributed by atoms with Crippen LogP contribution in [-0.2, 0) is 24.3 Å². The molecule has 174 valence electrons. The van der Waals surface area contributed by atoms with E-state index in [0.717, 1.165) is 31.5 Å². The lowest BCUT2D eigenvalue weighted by Gasteiger charge is -2.10. The third-order valence-corrected chi connectivity index (χ3v) is 5.77. The lowest BCUT2D eigenvalue weighted by atomic mass is 10.1. The molecular formula is C25H24N4O5. The van der Waals surface area contributed by atoms with Gasteiger partial charge in [0, 0.05) is 13.0 Å². The van der Waals surface area contributed by atoms with Crippen molar-refractivity contribution >= 4 is 16.9 Å². The van der Waals surface area contributed by atoms with Gasteiger partial charge in [0.05, 0.1) is 28.6 Å². The van der Waals surface area contributed by atoms with Crippen LogP contribution in [0, 0.1) is 0 Å². The molecule has 0 spiro atoms. The average Bonchev–Trinajstić information content (AvgIpc) is 3.20. The number of aryl methyl sites for hydroxylation is 1. The summed E-state index contributed by atoms with van der Waals surface area (Å²) in [6.45, 7) is 2.91.